The maximum absolute atomic E-state index is 5.69. The lowest BCUT2D eigenvalue weighted by Gasteiger charge is -1.98. The van der Waals surface area contributed by atoms with Gasteiger partial charge in [-0.15, -0.1) is 0 Å². The van der Waals surface area contributed by atoms with Crippen molar-refractivity contribution in [1.82, 2.24) is 19.6 Å². The van der Waals surface area contributed by atoms with E-state index in [9.17, 15) is 0 Å². The van der Waals surface area contributed by atoms with E-state index >= 15 is 0 Å². The summed E-state index contributed by atoms with van der Waals surface area (Å²) in [5, 5.41) is 4.12. The Hall–Kier alpha value is -1.65. The number of anilines is 1. The lowest BCUT2D eigenvalue weighted by atomic mass is 10.4. The molecule has 12 heavy (non-hydrogen) atoms. The number of hydrogen-bond donors (Lipinski definition) is 1. The average Bonchev–Trinajstić information content (AvgIpc) is 2.31. The van der Waals surface area contributed by atoms with Crippen LogP contribution in [0.15, 0.2) is 6.33 Å². The Morgan fingerprint density at radius 3 is 2.92 bits per heavy atom. The smallest absolute Gasteiger partial charge is 0.153 e. The maximum atomic E-state index is 5.69. The molecule has 2 rings (SSSR count). The van der Waals surface area contributed by atoms with Gasteiger partial charge in [-0.05, 0) is 13.8 Å². The Bertz CT molecular complexity index is 431. The van der Waals surface area contributed by atoms with Crippen LogP contribution >= 0.6 is 0 Å². The number of aryl methyl sites for hydroxylation is 2. The van der Waals surface area contributed by atoms with Crippen LogP contribution < -0.4 is 5.73 Å². The van der Waals surface area contributed by atoms with Gasteiger partial charge in [0.2, 0.25) is 0 Å². The SMILES string of the molecule is Cc1nc(N)c2c(C)ncn2n1. The van der Waals surface area contributed by atoms with Gasteiger partial charge >= 0.3 is 0 Å². The van der Waals surface area contributed by atoms with Crippen LogP contribution in [-0.4, -0.2) is 19.6 Å². The molecular formula is C7H9N5. The minimum Gasteiger partial charge on any atom is -0.382 e. The van der Waals surface area contributed by atoms with Crippen molar-refractivity contribution in [3.8, 4) is 0 Å². The summed E-state index contributed by atoms with van der Waals surface area (Å²) >= 11 is 0. The van der Waals surface area contributed by atoms with Crippen LogP contribution in [0.5, 0.6) is 0 Å². The number of hydrogen-bond acceptors (Lipinski definition) is 4. The van der Waals surface area contributed by atoms with Gasteiger partial charge in [-0.3, -0.25) is 0 Å². The molecule has 0 saturated heterocycles. The van der Waals surface area contributed by atoms with Gasteiger partial charge in [-0.1, -0.05) is 0 Å². The quantitative estimate of drug-likeness (QED) is 0.607. The molecule has 2 N–H and O–H groups in total. The first-order valence-corrected chi connectivity index (χ1v) is 3.62. The van der Waals surface area contributed by atoms with Crippen LogP contribution in [0.3, 0.4) is 0 Å². The molecule has 0 aliphatic heterocycles. The first-order chi connectivity index (χ1) is 5.68. The van der Waals surface area contributed by atoms with Gasteiger partial charge in [0.15, 0.2) is 5.82 Å². The molecule has 0 spiro atoms. The lowest BCUT2D eigenvalue weighted by Crippen LogP contribution is -2.02. The molecule has 0 aliphatic carbocycles. The summed E-state index contributed by atoms with van der Waals surface area (Å²) in [5.41, 5.74) is 7.34. The van der Waals surface area contributed by atoms with E-state index in [1.807, 2.05) is 6.92 Å². The third kappa shape index (κ3) is 0.827. The Morgan fingerprint density at radius 2 is 2.17 bits per heavy atom. The van der Waals surface area contributed by atoms with Gasteiger partial charge in [0, 0.05) is 0 Å². The summed E-state index contributed by atoms with van der Waals surface area (Å²) in [6, 6.07) is 0. The van der Waals surface area contributed by atoms with Crippen molar-refractivity contribution in [2.75, 3.05) is 5.73 Å². The molecule has 0 bridgehead atoms. The van der Waals surface area contributed by atoms with Crippen LogP contribution in [0, 0.1) is 13.8 Å². The predicted molar refractivity (Wildman–Crippen MR) is 44.7 cm³/mol. The van der Waals surface area contributed by atoms with E-state index in [1.165, 1.54) is 0 Å². The second kappa shape index (κ2) is 2.17. The fourth-order valence-corrected chi connectivity index (χ4v) is 1.21. The highest BCUT2D eigenvalue weighted by Gasteiger charge is 2.05. The third-order valence-electron chi connectivity index (χ3n) is 1.71. The molecular weight excluding hydrogens is 154 g/mol. The molecule has 62 valence electrons. The second-order valence-corrected chi connectivity index (χ2v) is 2.67. The number of nitrogens with two attached hydrogens (primary N) is 1. The molecule has 0 fully saturated rings. The highest BCUT2D eigenvalue weighted by atomic mass is 15.3. The van der Waals surface area contributed by atoms with Crippen molar-refractivity contribution in [3.63, 3.8) is 0 Å². The Morgan fingerprint density at radius 1 is 1.42 bits per heavy atom. The van der Waals surface area contributed by atoms with Gasteiger partial charge in [0.25, 0.3) is 0 Å². The highest BCUT2D eigenvalue weighted by molar-refractivity contribution is 5.67. The van der Waals surface area contributed by atoms with Crippen LogP contribution in [0.25, 0.3) is 5.52 Å². The van der Waals surface area contributed by atoms with E-state index < -0.39 is 0 Å². The lowest BCUT2D eigenvalue weighted by molar-refractivity contribution is 0.853. The molecule has 0 unspecified atom stereocenters. The number of imidazole rings is 1. The van der Waals surface area contributed by atoms with E-state index in [2.05, 4.69) is 15.1 Å². The van der Waals surface area contributed by atoms with Crippen molar-refractivity contribution < 1.29 is 0 Å². The number of nitrogens with zero attached hydrogens (tertiary/aromatic N) is 4. The van der Waals surface area contributed by atoms with Gasteiger partial charge in [0.1, 0.15) is 17.7 Å². The molecule has 2 heterocycles. The Balaban J connectivity index is 2.93. The monoisotopic (exact) mass is 163 g/mol. The first kappa shape index (κ1) is 7.02. The van der Waals surface area contributed by atoms with Gasteiger partial charge in [-0.2, -0.15) is 5.10 Å². The predicted octanol–water partition coefficient (Wildman–Crippen LogP) is 0.323. The molecule has 5 heteroatoms. The van der Waals surface area contributed by atoms with Crippen molar-refractivity contribution in [2.24, 2.45) is 0 Å². The van der Waals surface area contributed by atoms with Crippen LogP contribution in [-0.2, 0) is 0 Å². The topological polar surface area (TPSA) is 69.1 Å². The molecule has 0 aromatic carbocycles. The zero-order valence-corrected chi connectivity index (χ0v) is 6.94. The fraction of sp³-hybridized carbons (Fsp3) is 0.286. The molecule has 0 radical (unpaired) electrons. The van der Waals surface area contributed by atoms with E-state index in [0.717, 1.165) is 11.2 Å². The summed E-state index contributed by atoms with van der Waals surface area (Å²) in [5.74, 6) is 1.13. The second-order valence-electron chi connectivity index (χ2n) is 2.67. The normalized spacial score (nSPS) is 10.8. The minimum atomic E-state index is 0.484. The first-order valence-electron chi connectivity index (χ1n) is 3.62. The van der Waals surface area contributed by atoms with E-state index in [4.69, 9.17) is 5.73 Å². The average molecular weight is 163 g/mol. The molecule has 0 amide bonds. The van der Waals surface area contributed by atoms with Crippen LogP contribution in [0.1, 0.15) is 11.5 Å². The maximum Gasteiger partial charge on any atom is 0.153 e. The highest BCUT2D eigenvalue weighted by Crippen LogP contribution is 2.12. The number of nitrogen functional groups attached to an aromatic ring is 1. The van der Waals surface area contributed by atoms with Crippen LogP contribution in [0.4, 0.5) is 5.82 Å². The zero-order chi connectivity index (χ0) is 8.72. The molecule has 0 saturated carbocycles. The summed E-state index contributed by atoms with van der Waals surface area (Å²) in [4.78, 5) is 8.12. The minimum absolute atomic E-state index is 0.484. The zero-order valence-electron chi connectivity index (χ0n) is 6.94. The Kier molecular flexibility index (Phi) is 1.27. The van der Waals surface area contributed by atoms with E-state index in [-0.39, 0.29) is 0 Å². The third-order valence-corrected chi connectivity index (χ3v) is 1.71. The standard InChI is InChI=1S/C7H9N5/c1-4-6-7(8)10-5(2)11-12(6)3-9-4/h3H,1-2H3,(H2,8,10,11). The molecule has 0 atom stereocenters. The van der Waals surface area contributed by atoms with Crippen molar-refractivity contribution in [3.05, 3.63) is 17.8 Å². The van der Waals surface area contributed by atoms with Crippen LogP contribution in [0.2, 0.25) is 0 Å². The molecule has 2 aromatic heterocycles. The number of fused-ring (bicyclic) bond motifs is 1. The number of aromatic nitrogens is 4. The molecule has 0 aliphatic rings. The summed E-state index contributed by atoms with van der Waals surface area (Å²) < 4.78 is 1.65. The fourth-order valence-electron chi connectivity index (χ4n) is 1.21. The van der Waals surface area contributed by atoms with Gasteiger partial charge < -0.3 is 5.73 Å². The summed E-state index contributed by atoms with van der Waals surface area (Å²) in [6.45, 7) is 3.68. The summed E-state index contributed by atoms with van der Waals surface area (Å²) in [7, 11) is 0. The largest absolute Gasteiger partial charge is 0.382 e. The number of rotatable bonds is 0. The van der Waals surface area contributed by atoms with Crippen molar-refractivity contribution >= 4 is 11.3 Å². The molecule has 5 nitrogen and oxygen atoms in total. The Labute approximate surface area is 69.2 Å². The molecule has 2 aromatic rings. The van der Waals surface area contributed by atoms with Crippen molar-refractivity contribution in [1.29, 1.82) is 0 Å². The van der Waals surface area contributed by atoms with Gasteiger partial charge in [-0.25, -0.2) is 14.5 Å². The van der Waals surface area contributed by atoms with E-state index in [1.54, 1.807) is 17.8 Å². The van der Waals surface area contributed by atoms with Crippen molar-refractivity contribution in [2.45, 2.75) is 13.8 Å². The van der Waals surface area contributed by atoms with Gasteiger partial charge in [0.05, 0.1) is 5.69 Å². The van der Waals surface area contributed by atoms with E-state index in [0.29, 0.717) is 11.6 Å². The summed E-state index contributed by atoms with van der Waals surface area (Å²) in [6.07, 6.45) is 1.63.